The summed E-state index contributed by atoms with van der Waals surface area (Å²) >= 11 is 0. The molecule has 1 atom stereocenters. The Hall–Kier alpha value is -1.06. The van der Waals surface area contributed by atoms with Gasteiger partial charge < -0.3 is 10.2 Å². The Kier molecular flexibility index (Phi) is 3.64. The van der Waals surface area contributed by atoms with Crippen LogP contribution in [0.5, 0.6) is 0 Å². The number of likely N-dealkylation sites (tertiary alicyclic amines) is 1. The second kappa shape index (κ2) is 4.90. The third-order valence-electron chi connectivity index (χ3n) is 3.48. The van der Waals surface area contributed by atoms with Gasteiger partial charge in [0.1, 0.15) is 6.04 Å². The van der Waals surface area contributed by atoms with E-state index in [0.717, 1.165) is 32.2 Å². The fraction of sp³-hybridized carbons (Fsp3) is 0.857. The summed E-state index contributed by atoms with van der Waals surface area (Å²) in [6.07, 6.45) is 4.45. The average Bonchev–Trinajstić information content (AvgIpc) is 2.90. The second-order valence-electron chi connectivity index (χ2n) is 6.77. The van der Waals surface area contributed by atoms with Crippen LogP contribution in [0.15, 0.2) is 0 Å². The van der Waals surface area contributed by atoms with E-state index in [1.807, 2.05) is 0 Å². The number of hydrogen-bond acceptors (Lipinski definition) is 2. The predicted octanol–water partition coefficient (Wildman–Crippen LogP) is 1.69. The van der Waals surface area contributed by atoms with Gasteiger partial charge in [0.2, 0.25) is 11.8 Å². The van der Waals surface area contributed by atoms with Gasteiger partial charge in [-0.05, 0) is 31.1 Å². The number of amides is 2. The van der Waals surface area contributed by atoms with Crippen molar-refractivity contribution in [3.05, 3.63) is 0 Å². The molecule has 0 aromatic carbocycles. The third kappa shape index (κ3) is 3.47. The highest BCUT2D eigenvalue weighted by atomic mass is 16.2. The normalized spacial score (nSPS) is 24.2. The first-order valence-corrected chi connectivity index (χ1v) is 6.97. The fourth-order valence-corrected chi connectivity index (χ4v) is 2.42. The topological polar surface area (TPSA) is 49.4 Å². The lowest BCUT2D eigenvalue weighted by molar-refractivity contribution is -0.139. The van der Waals surface area contributed by atoms with Gasteiger partial charge in [0, 0.05) is 19.0 Å². The van der Waals surface area contributed by atoms with Gasteiger partial charge >= 0.3 is 0 Å². The number of nitrogens with one attached hydrogen (secondary N) is 1. The third-order valence-corrected chi connectivity index (χ3v) is 3.48. The Morgan fingerprint density at radius 2 is 1.89 bits per heavy atom. The zero-order valence-electron chi connectivity index (χ0n) is 11.7. The van der Waals surface area contributed by atoms with Crippen molar-refractivity contribution in [3.63, 3.8) is 0 Å². The summed E-state index contributed by atoms with van der Waals surface area (Å²) in [6, 6.07) is 0.151. The monoisotopic (exact) mass is 252 g/mol. The van der Waals surface area contributed by atoms with Crippen molar-refractivity contribution < 1.29 is 9.59 Å². The standard InChI is InChI=1S/C14H24N2O2/c1-14(2,3)9-12(17)16-8-4-5-11(16)13(18)15-10-6-7-10/h10-11H,4-9H2,1-3H3,(H,15,18)/t11-/m1/s1. The van der Waals surface area contributed by atoms with Crippen molar-refractivity contribution in [2.75, 3.05) is 6.54 Å². The molecule has 1 saturated carbocycles. The number of carbonyl (C=O) groups is 2. The lowest BCUT2D eigenvalue weighted by Crippen LogP contribution is -2.47. The van der Waals surface area contributed by atoms with Gasteiger partial charge in [0.15, 0.2) is 0 Å². The van der Waals surface area contributed by atoms with Gasteiger partial charge in [0.25, 0.3) is 0 Å². The minimum atomic E-state index is -0.222. The van der Waals surface area contributed by atoms with Crippen molar-refractivity contribution in [2.45, 2.75) is 65.0 Å². The Morgan fingerprint density at radius 1 is 1.22 bits per heavy atom. The molecule has 0 aromatic rings. The quantitative estimate of drug-likeness (QED) is 0.831. The summed E-state index contributed by atoms with van der Waals surface area (Å²) < 4.78 is 0. The summed E-state index contributed by atoms with van der Waals surface area (Å²) in [5.41, 5.74) is -0.0167. The van der Waals surface area contributed by atoms with E-state index >= 15 is 0 Å². The van der Waals surface area contributed by atoms with Crippen LogP contribution in [0.25, 0.3) is 0 Å². The maximum absolute atomic E-state index is 12.2. The summed E-state index contributed by atoms with van der Waals surface area (Å²) in [6.45, 7) is 6.90. The molecule has 2 aliphatic rings. The fourth-order valence-electron chi connectivity index (χ4n) is 2.42. The van der Waals surface area contributed by atoms with Crippen LogP contribution in [0.1, 0.15) is 52.9 Å². The van der Waals surface area contributed by atoms with E-state index in [-0.39, 0.29) is 23.3 Å². The van der Waals surface area contributed by atoms with E-state index in [9.17, 15) is 9.59 Å². The maximum atomic E-state index is 12.2. The first kappa shape index (κ1) is 13.4. The number of nitrogens with zero attached hydrogens (tertiary/aromatic N) is 1. The van der Waals surface area contributed by atoms with Crippen molar-refractivity contribution >= 4 is 11.8 Å². The molecular weight excluding hydrogens is 228 g/mol. The van der Waals surface area contributed by atoms with Gasteiger partial charge in [-0.25, -0.2) is 0 Å². The molecular formula is C14H24N2O2. The Bertz CT molecular complexity index is 342. The summed E-state index contributed by atoms with van der Waals surface area (Å²) in [5.74, 6) is 0.174. The molecule has 0 spiro atoms. The SMILES string of the molecule is CC(C)(C)CC(=O)N1CCC[C@@H]1C(=O)NC1CC1. The highest BCUT2D eigenvalue weighted by molar-refractivity contribution is 5.88. The smallest absolute Gasteiger partial charge is 0.243 e. The first-order chi connectivity index (χ1) is 8.37. The molecule has 1 N–H and O–H groups in total. The molecule has 0 bridgehead atoms. The van der Waals surface area contributed by atoms with Crippen LogP contribution in [0.3, 0.4) is 0 Å². The summed E-state index contributed by atoms with van der Waals surface area (Å²) in [7, 11) is 0. The minimum Gasteiger partial charge on any atom is -0.352 e. The summed E-state index contributed by atoms with van der Waals surface area (Å²) in [4.78, 5) is 26.1. The molecule has 0 aromatic heterocycles. The van der Waals surface area contributed by atoms with Crippen molar-refractivity contribution in [3.8, 4) is 0 Å². The molecule has 1 aliphatic heterocycles. The van der Waals surface area contributed by atoms with E-state index in [0.29, 0.717) is 12.5 Å². The van der Waals surface area contributed by atoms with E-state index < -0.39 is 0 Å². The summed E-state index contributed by atoms with van der Waals surface area (Å²) in [5, 5.41) is 3.01. The second-order valence-corrected chi connectivity index (χ2v) is 6.77. The Balaban J connectivity index is 1.93. The molecule has 0 radical (unpaired) electrons. The Labute approximate surface area is 109 Å². The first-order valence-electron chi connectivity index (χ1n) is 6.97. The molecule has 1 aliphatic carbocycles. The van der Waals surface area contributed by atoms with Crippen LogP contribution in [0.4, 0.5) is 0 Å². The van der Waals surface area contributed by atoms with Gasteiger partial charge in [-0.2, -0.15) is 0 Å². The van der Waals surface area contributed by atoms with Crippen molar-refractivity contribution in [1.82, 2.24) is 10.2 Å². The number of rotatable bonds is 3. The van der Waals surface area contributed by atoms with Gasteiger partial charge in [-0.3, -0.25) is 9.59 Å². The van der Waals surface area contributed by atoms with Crippen molar-refractivity contribution in [1.29, 1.82) is 0 Å². The molecule has 1 saturated heterocycles. The molecule has 2 amide bonds. The lowest BCUT2D eigenvalue weighted by atomic mass is 9.91. The van der Waals surface area contributed by atoms with Crippen LogP contribution in [0, 0.1) is 5.41 Å². The van der Waals surface area contributed by atoms with Crippen LogP contribution < -0.4 is 5.32 Å². The van der Waals surface area contributed by atoms with Crippen molar-refractivity contribution in [2.24, 2.45) is 5.41 Å². The molecule has 1 heterocycles. The van der Waals surface area contributed by atoms with E-state index in [1.54, 1.807) is 4.90 Å². The van der Waals surface area contributed by atoms with Crippen LogP contribution >= 0.6 is 0 Å². The number of hydrogen-bond donors (Lipinski definition) is 1. The Morgan fingerprint density at radius 3 is 2.44 bits per heavy atom. The molecule has 0 unspecified atom stereocenters. The van der Waals surface area contributed by atoms with Crippen LogP contribution in [-0.4, -0.2) is 35.3 Å². The number of carbonyl (C=O) groups excluding carboxylic acids is 2. The molecule has 2 fully saturated rings. The molecule has 102 valence electrons. The lowest BCUT2D eigenvalue weighted by Gasteiger charge is -2.27. The van der Waals surface area contributed by atoms with Gasteiger partial charge in [-0.1, -0.05) is 20.8 Å². The van der Waals surface area contributed by atoms with E-state index in [4.69, 9.17) is 0 Å². The largest absolute Gasteiger partial charge is 0.352 e. The molecule has 18 heavy (non-hydrogen) atoms. The van der Waals surface area contributed by atoms with Gasteiger partial charge in [-0.15, -0.1) is 0 Å². The maximum Gasteiger partial charge on any atom is 0.243 e. The van der Waals surface area contributed by atoms with Crippen LogP contribution in [0.2, 0.25) is 0 Å². The molecule has 4 heteroatoms. The highest BCUT2D eigenvalue weighted by Crippen LogP contribution is 2.26. The zero-order chi connectivity index (χ0) is 13.3. The molecule has 4 nitrogen and oxygen atoms in total. The average molecular weight is 252 g/mol. The zero-order valence-corrected chi connectivity index (χ0v) is 11.7. The van der Waals surface area contributed by atoms with Crippen LogP contribution in [-0.2, 0) is 9.59 Å². The molecule has 2 rings (SSSR count). The highest BCUT2D eigenvalue weighted by Gasteiger charge is 2.37. The minimum absolute atomic E-state index is 0.0167. The van der Waals surface area contributed by atoms with E-state index in [1.165, 1.54) is 0 Å². The van der Waals surface area contributed by atoms with Gasteiger partial charge in [0.05, 0.1) is 0 Å². The van der Waals surface area contributed by atoms with E-state index in [2.05, 4.69) is 26.1 Å². The predicted molar refractivity (Wildman–Crippen MR) is 70.0 cm³/mol.